The Morgan fingerprint density at radius 1 is 1.33 bits per heavy atom. The second-order valence-electron chi connectivity index (χ2n) is 7.40. The smallest absolute Gasteiger partial charge is 0.430 e. The summed E-state index contributed by atoms with van der Waals surface area (Å²) in [6.45, 7) is 6.34. The fourth-order valence-electron chi connectivity index (χ4n) is 3.54. The summed E-state index contributed by atoms with van der Waals surface area (Å²) in [4.78, 5) is 26.5. The minimum absolute atomic E-state index is 0.0767. The van der Waals surface area contributed by atoms with Gasteiger partial charge in [0.05, 0.1) is 6.04 Å². The predicted molar refractivity (Wildman–Crippen MR) is 120 cm³/mol. The summed E-state index contributed by atoms with van der Waals surface area (Å²) in [6.07, 6.45) is 1.96. The van der Waals surface area contributed by atoms with Crippen molar-refractivity contribution in [3.63, 3.8) is 0 Å². The first-order chi connectivity index (χ1) is 14.4. The molecule has 2 unspecified atom stereocenters. The van der Waals surface area contributed by atoms with Crippen molar-refractivity contribution >= 4 is 33.7 Å². The zero-order valence-electron chi connectivity index (χ0n) is 16.8. The number of para-hydroxylation sites is 1. The van der Waals surface area contributed by atoms with E-state index in [-0.39, 0.29) is 12.5 Å². The highest BCUT2D eigenvalue weighted by Gasteiger charge is 2.29. The maximum Gasteiger partial charge on any atom is 0.514 e. The molecule has 0 aromatic heterocycles. The van der Waals surface area contributed by atoms with Crippen molar-refractivity contribution in [1.82, 2.24) is 0 Å². The van der Waals surface area contributed by atoms with Crippen LogP contribution in [0, 0.1) is 5.92 Å². The van der Waals surface area contributed by atoms with E-state index in [0.29, 0.717) is 29.1 Å². The maximum atomic E-state index is 13.1. The van der Waals surface area contributed by atoms with Crippen LogP contribution in [0.5, 0.6) is 5.75 Å². The zero-order valence-corrected chi connectivity index (χ0v) is 18.4. The topological polar surface area (TPSA) is 81.9 Å². The number of nitrogens with zero attached hydrogens (tertiary/aromatic N) is 1. The van der Waals surface area contributed by atoms with Gasteiger partial charge in [-0.05, 0) is 48.1 Å². The van der Waals surface area contributed by atoms with Gasteiger partial charge in [0.25, 0.3) is 0 Å². The Hall–Kier alpha value is -2.64. The third-order valence-corrected chi connectivity index (χ3v) is 5.65. The third-order valence-electron chi connectivity index (χ3n) is 4.91. The number of rotatable bonds is 6. The number of benzene rings is 2. The van der Waals surface area contributed by atoms with Gasteiger partial charge in [-0.25, -0.2) is 4.79 Å². The molecule has 0 saturated carbocycles. The summed E-state index contributed by atoms with van der Waals surface area (Å²) < 4.78 is 10.6. The molecule has 6 nitrogen and oxygen atoms in total. The van der Waals surface area contributed by atoms with E-state index in [0.717, 1.165) is 17.7 Å². The standard InChI is InChI=1S/C23H25BrN2O4/c1-3-10-29-23(28)30-18-9-8-16(19(24)13-18)12-20(25)22(27)26-14-15(2)11-17-6-4-5-7-21(17)26/h3-9,13,15,20H,1,10-12,14,25H2,2H3. The Morgan fingerprint density at radius 3 is 2.83 bits per heavy atom. The highest BCUT2D eigenvalue weighted by molar-refractivity contribution is 9.10. The molecule has 0 saturated heterocycles. The van der Waals surface area contributed by atoms with Crippen LogP contribution in [0.2, 0.25) is 0 Å². The quantitative estimate of drug-likeness (QED) is 0.386. The Kier molecular flexibility index (Phi) is 7.29. The predicted octanol–water partition coefficient (Wildman–Crippen LogP) is 4.25. The molecule has 1 aliphatic heterocycles. The van der Waals surface area contributed by atoms with Crippen LogP contribution in [-0.2, 0) is 22.4 Å². The summed E-state index contributed by atoms with van der Waals surface area (Å²) in [7, 11) is 0. The Balaban J connectivity index is 1.68. The lowest BCUT2D eigenvalue weighted by molar-refractivity contribution is -0.120. The molecule has 30 heavy (non-hydrogen) atoms. The van der Waals surface area contributed by atoms with Gasteiger partial charge < -0.3 is 20.1 Å². The summed E-state index contributed by atoms with van der Waals surface area (Å²) in [5.41, 5.74) is 9.26. The molecule has 1 aliphatic rings. The first kappa shape index (κ1) is 22.1. The summed E-state index contributed by atoms with van der Waals surface area (Å²) in [5, 5.41) is 0. The molecule has 0 aliphatic carbocycles. The zero-order chi connectivity index (χ0) is 21.7. The molecule has 3 rings (SSSR count). The molecule has 1 heterocycles. The Bertz CT molecular complexity index is 947. The van der Waals surface area contributed by atoms with Crippen LogP contribution < -0.4 is 15.4 Å². The average molecular weight is 473 g/mol. The van der Waals surface area contributed by atoms with E-state index >= 15 is 0 Å². The van der Waals surface area contributed by atoms with Gasteiger partial charge in [0.2, 0.25) is 5.91 Å². The first-order valence-electron chi connectivity index (χ1n) is 9.77. The van der Waals surface area contributed by atoms with Gasteiger partial charge in [-0.2, -0.15) is 0 Å². The summed E-state index contributed by atoms with van der Waals surface area (Å²) in [5.74, 6) is 0.604. The fraction of sp³-hybridized carbons (Fsp3) is 0.304. The third kappa shape index (κ3) is 5.29. The largest absolute Gasteiger partial charge is 0.514 e. The van der Waals surface area contributed by atoms with E-state index in [1.54, 1.807) is 23.1 Å². The van der Waals surface area contributed by atoms with Gasteiger partial charge in [-0.1, -0.05) is 59.8 Å². The van der Waals surface area contributed by atoms with Gasteiger partial charge >= 0.3 is 6.16 Å². The van der Waals surface area contributed by atoms with Crippen LogP contribution in [0.3, 0.4) is 0 Å². The molecule has 0 radical (unpaired) electrons. The number of nitrogens with two attached hydrogens (primary N) is 1. The number of fused-ring (bicyclic) bond motifs is 1. The molecule has 2 N–H and O–H groups in total. The van der Waals surface area contributed by atoms with Gasteiger partial charge in [-0.3, -0.25) is 4.79 Å². The second-order valence-corrected chi connectivity index (χ2v) is 8.26. The van der Waals surface area contributed by atoms with E-state index < -0.39 is 12.2 Å². The molecule has 2 atom stereocenters. The van der Waals surface area contributed by atoms with Crippen molar-refractivity contribution in [2.45, 2.75) is 25.8 Å². The van der Waals surface area contributed by atoms with Gasteiger partial charge in [0.1, 0.15) is 12.4 Å². The van der Waals surface area contributed by atoms with Gasteiger partial charge in [0.15, 0.2) is 0 Å². The number of amides is 1. The minimum Gasteiger partial charge on any atom is -0.430 e. The highest BCUT2D eigenvalue weighted by atomic mass is 79.9. The number of hydrogen-bond donors (Lipinski definition) is 1. The monoisotopic (exact) mass is 472 g/mol. The van der Waals surface area contributed by atoms with Crippen LogP contribution in [0.1, 0.15) is 18.1 Å². The minimum atomic E-state index is -0.806. The normalized spacial score (nSPS) is 16.4. The first-order valence-corrected chi connectivity index (χ1v) is 10.6. The molecule has 0 spiro atoms. The fourth-order valence-corrected chi connectivity index (χ4v) is 4.06. The Morgan fingerprint density at radius 2 is 2.10 bits per heavy atom. The molecular formula is C23H25BrN2O4. The molecule has 2 aromatic rings. The number of halogens is 1. The van der Waals surface area contributed by atoms with Crippen molar-refractivity contribution in [1.29, 1.82) is 0 Å². The van der Waals surface area contributed by atoms with Crippen molar-refractivity contribution in [2.24, 2.45) is 11.7 Å². The van der Waals surface area contributed by atoms with E-state index in [1.165, 1.54) is 11.6 Å². The Labute approximate surface area is 184 Å². The van der Waals surface area contributed by atoms with Crippen LogP contribution >= 0.6 is 15.9 Å². The van der Waals surface area contributed by atoms with E-state index in [1.807, 2.05) is 18.2 Å². The lowest BCUT2D eigenvalue weighted by atomic mass is 9.93. The van der Waals surface area contributed by atoms with Crippen LogP contribution in [0.4, 0.5) is 10.5 Å². The lowest BCUT2D eigenvalue weighted by Gasteiger charge is -2.34. The summed E-state index contributed by atoms with van der Waals surface area (Å²) in [6, 6.07) is 12.4. The SMILES string of the molecule is C=CCOC(=O)Oc1ccc(CC(N)C(=O)N2CC(C)Cc3ccccc32)c(Br)c1. The van der Waals surface area contributed by atoms with E-state index in [4.69, 9.17) is 15.2 Å². The molecule has 0 bridgehead atoms. The number of ether oxygens (including phenoxy) is 2. The lowest BCUT2D eigenvalue weighted by Crippen LogP contribution is -2.48. The van der Waals surface area contributed by atoms with Crippen molar-refractivity contribution in [3.05, 3.63) is 70.7 Å². The number of carbonyl (C=O) groups excluding carboxylic acids is 2. The number of hydrogen-bond acceptors (Lipinski definition) is 5. The van der Waals surface area contributed by atoms with Gasteiger partial charge in [-0.15, -0.1) is 0 Å². The van der Waals surface area contributed by atoms with E-state index in [9.17, 15) is 9.59 Å². The molecule has 2 aromatic carbocycles. The maximum absolute atomic E-state index is 13.1. The molecule has 7 heteroatoms. The van der Waals surface area contributed by atoms with Crippen LogP contribution in [0.15, 0.2) is 59.6 Å². The van der Waals surface area contributed by atoms with Crippen molar-refractivity contribution in [3.8, 4) is 5.75 Å². The van der Waals surface area contributed by atoms with Gasteiger partial charge in [0, 0.05) is 16.7 Å². The van der Waals surface area contributed by atoms with E-state index in [2.05, 4.69) is 35.5 Å². The van der Waals surface area contributed by atoms with Crippen molar-refractivity contribution < 1.29 is 19.1 Å². The number of anilines is 1. The number of carbonyl (C=O) groups is 2. The van der Waals surface area contributed by atoms with Crippen LogP contribution in [0.25, 0.3) is 0 Å². The second kappa shape index (κ2) is 9.91. The van der Waals surface area contributed by atoms with Crippen molar-refractivity contribution in [2.75, 3.05) is 18.1 Å². The molecule has 158 valence electrons. The average Bonchev–Trinajstić information content (AvgIpc) is 2.72. The molecule has 1 amide bonds. The highest BCUT2D eigenvalue weighted by Crippen LogP contribution is 2.30. The molecular weight excluding hydrogens is 448 g/mol. The summed E-state index contributed by atoms with van der Waals surface area (Å²) >= 11 is 3.47. The molecule has 0 fully saturated rings. The van der Waals surface area contributed by atoms with Crippen LogP contribution in [-0.4, -0.2) is 31.3 Å².